The molecule has 3 amide bonds. The number of rotatable bonds is 4. The number of aromatic nitrogens is 1. The van der Waals surface area contributed by atoms with Crippen LogP contribution in [0.1, 0.15) is 58.8 Å². The molecule has 2 atom stereocenters. The van der Waals surface area contributed by atoms with Gasteiger partial charge in [-0.1, -0.05) is 24.3 Å². The lowest BCUT2D eigenvalue weighted by Gasteiger charge is -2.32. The lowest BCUT2D eigenvalue weighted by atomic mass is 10.0. The average molecular weight is 455 g/mol. The quantitative estimate of drug-likeness (QED) is 0.614. The van der Waals surface area contributed by atoms with Crippen LogP contribution in [-0.2, 0) is 20.7 Å². The third kappa shape index (κ3) is 5.56. The van der Waals surface area contributed by atoms with Crippen molar-refractivity contribution in [3.63, 3.8) is 0 Å². The van der Waals surface area contributed by atoms with Crippen LogP contribution in [0.4, 0.5) is 4.79 Å². The van der Waals surface area contributed by atoms with Gasteiger partial charge in [0.1, 0.15) is 11.6 Å². The molecule has 0 spiro atoms. The maximum absolute atomic E-state index is 13.6. The summed E-state index contributed by atoms with van der Waals surface area (Å²) >= 11 is 0. The molecule has 0 bridgehead atoms. The molecule has 178 valence electrons. The van der Waals surface area contributed by atoms with E-state index < -0.39 is 29.3 Å². The van der Waals surface area contributed by atoms with Gasteiger partial charge in [0.05, 0.1) is 5.69 Å². The van der Waals surface area contributed by atoms with E-state index in [9.17, 15) is 14.4 Å². The predicted octanol–water partition coefficient (Wildman–Crippen LogP) is 3.59. The van der Waals surface area contributed by atoms with E-state index in [4.69, 9.17) is 4.74 Å². The van der Waals surface area contributed by atoms with Crippen LogP contribution in [0.25, 0.3) is 10.9 Å². The lowest BCUT2D eigenvalue weighted by Crippen LogP contribution is -2.53. The standard InChI is InChI=1S/C25H34N4O4/c1-8-13-29-20(21(30)28-24(2,3)4)19-16(15-11-9-10-12-17(15)26-19)14-18(22(29)31)27-23(32)33-25(5,6)7/h8-12,18,20,26H,1,13-14H2,2-7H3,(H,27,32)(H,28,30)/t18-,20+/m0/s1. The van der Waals surface area contributed by atoms with E-state index in [0.29, 0.717) is 5.69 Å². The molecule has 0 radical (unpaired) electrons. The summed E-state index contributed by atoms with van der Waals surface area (Å²) in [5.41, 5.74) is 1.12. The molecular weight excluding hydrogens is 420 g/mol. The minimum absolute atomic E-state index is 0.141. The molecule has 3 N–H and O–H groups in total. The Balaban J connectivity index is 2.12. The highest BCUT2D eigenvalue weighted by Gasteiger charge is 2.42. The summed E-state index contributed by atoms with van der Waals surface area (Å²) in [5.74, 6) is -0.674. The summed E-state index contributed by atoms with van der Waals surface area (Å²) in [6.45, 7) is 14.9. The minimum atomic E-state index is -0.900. The van der Waals surface area contributed by atoms with Crippen LogP contribution in [0.3, 0.4) is 0 Å². The van der Waals surface area contributed by atoms with Crippen molar-refractivity contribution in [3.05, 3.63) is 48.2 Å². The third-order valence-corrected chi connectivity index (χ3v) is 5.18. The summed E-state index contributed by atoms with van der Waals surface area (Å²) in [6.07, 6.45) is 1.12. The van der Waals surface area contributed by atoms with Crippen molar-refractivity contribution < 1.29 is 19.1 Å². The Morgan fingerprint density at radius 2 is 1.88 bits per heavy atom. The van der Waals surface area contributed by atoms with Crippen LogP contribution in [0, 0.1) is 0 Å². The van der Waals surface area contributed by atoms with Gasteiger partial charge in [-0.25, -0.2) is 4.79 Å². The van der Waals surface area contributed by atoms with Crippen LogP contribution in [-0.4, -0.2) is 51.5 Å². The van der Waals surface area contributed by atoms with E-state index >= 15 is 0 Å². The van der Waals surface area contributed by atoms with Crippen LogP contribution in [0.5, 0.6) is 0 Å². The first-order valence-corrected chi connectivity index (χ1v) is 11.1. The van der Waals surface area contributed by atoms with Crippen molar-refractivity contribution in [2.24, 2.45) is 0 Å². The smallest absolute Gasteiger partial charge is 0.408 e. The van der Waals surface area contributed by atoms with Gasteiger partial charge in [-0.05, 0) is 53.2 Å². The number of nitrogens with one attached hydrogen (secondary N) is 3. The van der Waals surface area contributed by atoms with E-state index in [1.807, 2.05) is 45.0 Å². The molecule has 0 fully saturated rings. The number of hydrogen-bond acceptors (Lipinski definition) is 4. The number of hydrogen-bond donors (Lipinski definition) is 3. The maximum Gasteiger partial charge on any atom is 0.408 e. The molecule has 0 unspecified atom stereocenters. The molecule has 8 heteroatoms. The van der Waals surface area contributed by atoms with Crippen molar-refractivity contribution in [2.75, 3.05) is 6.54 Å². The largest absolute Gasteiger partial charge is 0.444 e. The average Bonchev–Trinajstić information content (AvgIpc) is 2.97. The number of fused-ring (bicyclic) bond motifs is 3. The monoisotopic (exact) mass is 454 g/mol. The zero-order valence-electron chi connectivity index (χ0n) is 20.2. The molecule has 1 aromatic heterocycles. The summed E-state index contributed by atoms with van der Waals surface area (Å²) in [6, 6.07) is 5.89. The topological polar surface area (TPSA) is 104 Å². The molecule has 3 rings (SSSR count). The van der Waals surface area contributed by atoms with Gasteiger partial charge in [0.15, 0.2) is 6.04 Å². The third-order valence-electron chi connectivity index (χ3n) is 5.18. The summed E-state index contributed by atoms with van der Waals surface area (Å²) in [7, 11) is 0. The highest BCUT2D eigenvalue weighted by molar-refractivity contribution is 5.97. The highest BCUT2D eigenvalue weighted by atomic mass is 16.6. The molecule has 0 saturated carbocycles. The Labute approximate surface area is 194 Å². The van der Waals surface area contributed by atoms with Gasteiger partial charge in [-0.15, -0.1) is 6.58 Å². The number of carbonyl (C=O) groups is 3. The first-order valence-electron chi connectivity index (χ1n) is 11.1. The van der Waals surface area contributed by atoms with Crippen LogP contribution in [0.15, 0.2) is 36.9 Å². The summed E-state index contributed by atoms with van der Waals surface area (Å²) < 4.78 is 5.39. The second-order valence-electron chi connectivity index (χ2n) is 10.4. The predicted molar refractivity (Wildman–Crippen MR) is 128 cm³/mol. The SMILES string of the molecule is C=CCN1C(=O)[C@@H](NC(=O)OC(C)(C)C)Cc2c([nH]c3ccccc23)[C@@H]1C(=O)NC(C)(C)C. The number of nitrogens with zero attached hydrogens (tertiary/aromatic N) is 1. The van der Waals surface area contributed by atoms with E-state index in [2.05, 4.69) is 22.2 Å². The number of ether oxygens (including phenoxy) is 1. The zero-order valence-corrected chi connectivity index (χ0v) is 20.2. The van der Waals surface area contributed by atoms with Crippen LogP contribution < -0.4 is 10.6 Å². The van der Waals surface area contributed by atoms with Gasteiger partial charge >= 0.3 is 6.09 Å². The number of aromatic amines is 1. The molecule has 2 aromatic rings. The van der Waals surface area contributed by atoms with Gasteiger partial charge in [0.2, 0.25) is 11.8 Å². The number of carbonyl (C=O) groups excluding carboxylic acids is 3. The summed E-state index contributed by atoms with van der Waals surface area (Å²) in [4.78, 5) is 44.5. The second-order valence-corrected chi connectivity index (χ2v) is 10.4. The van der Waals surface area contributed by atoms with Crippen LogP contribution >= 0.6 is 0 Å². The fraction of sp³-hybridized carbons (Fsp3) is 0.480. The molecule has 0 aliphatic carbocycles. The highest BCUT2D eigenvalue weighted by Crippen LogP contribution is 2.35. The fourth-order valence-corrected chi connectivity index (χ4v) is 4.06. The van der Waals surface area contributed by atoms with Gasteiger partial charge < -0.3 is 25.3 Å². The van der Waals surface area contributed by atoms with Gasteiger partial charge in [-0.2, -0.15) is 0 Å². The Kier molecular flexibility index (Phi) is 6.58. The maximum atomic E-state index is 13.6. The summed E-state index contributed by atoms with van der Waals surface area (Å²) in [5, 5.41) is 6.63. The zero-order chi connectivity index (χ0) is 24.6. The van der Waals surface area contributed by atoms with Crippen molar-refractivity contribution in [1.29, 1.82) is 0 Å². The molecule has 33 heavy (non-hydrogen) atoms. The Morgan fingerprint density at radius 1 is 1.21 bits per heavy atom. The number of alkyl carbamates (subject to hydrolysis) is 1. The molecule has 1 aromatic carbocycles. The Bertz CT molecular complexity index is 1070. The van der Waals surface area contributed by atoms with Crippen LogP contribution in [0.2, 0.25) is 0 Å². The van der Waals surface area contributed by atoms with Gasteiger partial charge in [0, 0.05) is 29.4 Å². The van der Waals surface area contributed by atoms with Crippen molar-refractivity contribution in [2.45, 2.75) is 71.2 Å². The lowest BCUT2D eigenvalue weighted by molar-refractivity contribution is -0.142. The Hall–Kier alpha value is -3.29. The van der Waals surface area contributed by atoms with E-state index in [1.54, 1.807) is 26.8 Å². The number of amides is 3. The molecular formula is C25H34N4O4. The first-order chi connectivity index (χ1) is 15.3. The van der Waals surface area contributed by atoms with E-state index in [0.717, 1.165) is 16.5 Å². The Morgan fingerprint density at radius 3 is 2.48 bits per heavy atom. The van der Waals surface area contributed by atoms with Crippen molar-refractivity contribution in [3.8, 4) is 0 Å². The number of benzene rings is 1. The second kappa shape index (κ2) is 8.92. The molecule has 8 nitrogen and oxygen atoms in total. The van der Waals surface area contributed by atoms with Gasteiger partial charge in [0.25, 0.3) is 0 Å². The van der Waals surface area contributed by atoms with E-state index in [-0.39, 0.29) is 24.8 Å². The molecule has 0 saturated heterocycles. The van der Waals surface area contributed by atoms with Gasteiger partial charge in [-0.3, -0.25) is 9.59 Å². The fourth-order valence-electron chi connectivity index (χ4n) is 4.06. The molecule has 1 aliphatic heterocycles. The molecule has 1 aliphatic rings. The number of H-pyrrole nitrogens is 1. The molecule has 2 heterocycles. The van der Waals surface area contributed by atoms with E-state index in [1.165, 1.54) is 4.90 Å². The van der Waals surface area contributed by atoms with Crippen molar-refractivity contribution >= 4 is 28.8 Å². The normalized spacial score (nSPS) is 19.0. The number of para-hydroxylation sites is 1. The van der Waals surface area contributed by atoms with Crippen molar-refractivity contribution in [1.82, 2.24) is 20.5 Å². The minimum Gasteiger partial charge on any atom is -0.444 e. The first kappa shape index (κ1) is 24.4.